The average Bonchev–Trinajstić information content (AvgIpc) is 2.81. The molecule has 1 aromatic heterocycles. The van der Waals surface area contributed by atoms with Crippen molar-refractivity contribution in [3.63, 3.8) is 0 Å². The maximum atomic E-state index is 8.98. The third-order valence-electron chi connectivity index (χ3n) is 2.94. The Hall–Kier alpha value is -1.85. The van der Waals surface area contributed by atoms with E-state index in [2.05, 4.69) is 16.4 Å². The Balaban J connectivity index is 2.35. The van der Waals surface area contributed by atoms with E-state index in [4.69, 9.17) is 10.5 Å². The number of unbranched alkanes of at least 4 members (excludes halogenated alkanes) is 1. The maximum absolute atomic E-state index is 8.98. The molecule has 0 saturated carbocycles. The molecule has 0 aliphatic carbocycles. The molecule has 5 heteroatoms. The molecule has 0 amide bonds. The van der Waals surface area contributed by atoms with Gasteiger partial charge in [-0.2, -0.15) is 10.5 Å². The van der Waals surface area contributed by atoms with Crippen LogP contribution in [0.1, 0.15) is 32.0 Å². The van der Waals surface area contributed by atoms with E-state index in [-0.39, 0.29) is 0 Å². The predicted octanol–water partition coefficient (Wildman–Crippen LogP) is 1.43. The fourth-order valence-electron chi connectivity index (χ4n) is 1.60. The van der Waals surface area contributed by atoms with E-state index < -0.39 is 5.54 Å². The Morgan fingerprint density at radius 3 is 2.82 bits per heavy atom. The van der Waals surface area contributed by atoms with Gasteiger partial charge < -0.3 is 9.88 Å². The van der Waals surface area contributed by atoms with E-state index in [1.807, 2.05) is 17.6 Å². The van der Waals surface area contributed by atoms with E-state index >= 15 is 0 Å². The quantitative estimate of drug-likeness (QED) is 0.751. The summed E-state index contributed by atoms with van der Waals surface area (Å²) in [5.74, 6) is 0.446. The van der Waals surface area contributed by atoms with Crippen molar-refractivity contribution in [2.45, 2.75) is 38.3 Å². The van der Waals surface area contributed by atoms with Gasteiger partial charge in [-0.3, -0.25) is 0 Å². The summed E-state index contributed by atoms with van der Waals surface area (Å²) in [5.41, 5.74) is -0.451. The molecule has 0 fully saturated rings. The summed E-state index contributed by atoms with van der Waals surface area (Å²) in [6.45, 7) is 2.67. The minimum atomic E-state index is -0.451. The lowest BCUT2D eigenvalue weighted by Gasteiger charge is -2.20. The van der Waals surface area contributed by atoms with Crippen LogP contribution in [0.2, 0.25) is 0 Å². The summed E-state index contributed by atoms with van der Waals surface area (Å²) in [4.78, 5) is 3.93. The molecule has 0 spiro atoms. The van der Waals surface area contributed by atoms with Crippen LogP contribution in [0.25, 0.3) is 0 Å². The van der Waals surface area contributed by atoms with Crippen LogP contribution in [-0.2, 0) is 6.54 Å². The van der Waals surface area contributed by atoms with Gasteiger partial charge in [0.25, 0.3) is 0 Å². The van der Waals surface area contributed by atoms with Crippen molar-refractivity contribution >= 4 is 0 Å². The predicted molar refractivity (Wildman–Crippen MR) is 63.9 cm³/mol. The molecule has 1 atom stereocenters. The van der Waals surface area contributed by atoms with Crippen LogP contribution < -0.4 is 5.32 Å². The molecule has 1 heterocycles. The van der Waals surface area contributed by atoms with Gasteiger partial charge in [-0.25, -0.2) is 4.98 Å². The smallest absolute Gasteiger partial charge is 0.212 e. The first-order valence-corrected chi connectivity index (χ1v) is 5.66. The molecule has 5 nitrogen and oxygen atoms in total. The molecule has 0 radical (unpaired) electrons. The number of nitrogens with zero attached hydrogens (tertiary/aromatic N) is 4. The van der Waals surface area contributed by atoms with Gasteiger partial charge in [0.15, 0.2) is 0 Å². The number of hydrogen-bond donors (Lipinski definition) is 1. The SMILES string of the molecule is CNC(C)(C#N)CCCCn1ccnc1C#N. The third kappa shape index (κ3) is 3.58. The van der Waals surface area contributed by atoms with E-state index in [0.29, 0.717) is 5.82 Å². The highest BCUT2D eigenvalue weighted by Crippen LogP contribution is 2.13. The zero-order valence-electron chi connectivity index (χ0n) is 10.3. The molecular formula is C12H17N5. The highest BCUT2D eigenvalue weighted by atomic mass is 15.1. The van der Waals surface area contributed by atoms with Crippen molar-refractivity contribution in [1.29, 1.82) is 10.5 Å². The van der Waals surface area contributed by atoms with Gasteiger partial charge >= 0.3 is 0 Å². The Labute approximate surface area is 102 Å². The number of imidazole rings is 1. The molecule has 90 valence electrons. The van der Waals surface area contributed by atoms with Crippen LogP contribution in [0, 0.1) is 22.7 Å². The van der Waals surface area contributed by atoms with Gasteiger partial charge in [0.2, 0.25) is 5.82 Å². The molecule has 1 N–H and O–H groups in total. The Kier molecular flexibility index (Phi) is 4.68. The van der Waals surface area contributed by atoms with Crippen LogP contribution in [-0.4, -0.2) is 22.1 Å². The zero-order chi connectivity index (χ0) is 12.7. The molecule has 1 aromatic rings. The van der Waals surface area contributed by atoms with E-state index in [1.165, 1.54) is 0 Å². The van der Waals surface area contributed by atoms with Gasteiger partial charge in [0.05, 0.1) is 6.07 Å². The van der Waals surface area contributed by atoms with Crippen LogP contribution >= 0.6 is 0 Å². The molecule has 1 unspecified atom stereocenters. The number of rotatable bonds is 6. The molecule has 1 rings (SSSR count). The van der Waals surface area contributed by atoms with Crippen LogP contribution in [0.15, 0.2) is 12.4 Å². The fourth-order valence-corrected chi connectivity index (χ4v) is 1.60. The Morgan fingerprint density at radius 2 is 2.24 bits per heavy atom. The average molecular weight is 231 g/mol. The third-order valence-corrected chi connectivity index (χ3v) is 2.94. The van der Waals surface area contributed by atoms with Gasteiger partial charge in [0, 0.05) is 18.9 Å². The normalized spacial score (nSPS) is 13.6. The van der Waals surface area contributed by atoms with Crippen molar-refractivity contribution in [3.05, 3.63) is 18.2 Å². The highest BCUT2D eigenvalue weighted by molar-refractivity contribution is 5.10. The second-order valence-electron chi connectivity index (χ2n) is 4.21. The molecule has 0 aliphatic heterocycles. The second kappa shape index (κ2) is 6.03. The lowest BCUT2D eigenvalue weighted by molar-refractivity contribution is 0.424. The number of nitrogens with one attached hydrogen (secondary N) is 1. The molecule has 0 aromatic carbocycles. The fraction of sp³-hybridized carbons (Fsp3) is 0.583. The van der Waals surface area contributed by atoms with Crippen LogP contribution in [0.5, 0.6) is 0 Å². The molecule has 0 saturated heterocycles. The van der Waals surface area contributed by atoms with Crippen molar-refractivity contribution in [2.75, 3.05) is 7.05 Å². The summed E-state index contributed by atoms with van der Waals surface area (Å²) in [6, 6.07) is 4.30. The first-order valence-electron chi connectivity index (χ1n) is 5.66. The van der Waals surface area contributed by atoms with Crippen molar-refractivity contribution < 1.29 is 0 Å². The first-order chi connectivity index (χ1) is 8.15. The minimum Gasteiger partial charge on any atom is -0.323 e. The maximum Gasteiger partial charge on any atom is 0.212 e. The van der Waals surface area contributed by atoms with Crippen molar-refractivity contribution in [3.8, 4) is 12.1 Å². The Bertz CT molecular complexity index is 436. The van der Waals surface area contributed by atoms with Crippen LogP contribution in [0.4, 0.5) is 0 Å². The summed E-state index contributed by atoms with van der Waals surface area (Å²) in [7, 11) is 1.80. The molecule has 0 bridgehead atoms. The summed E-state index contributed by atoms with van der Waals surface area (Å²) >= 11 is 0. The first kappa shape index (κ1) is 13.2. The number of aryl methyl sites for hydroxylation is 1. The summed E-state index contributed by atoms with van der Waals surface area (Å²) in [5, 5.41) is 20.8. The van der Waals surface area contributed by atoms with E-state index in [1.54, 1.807) is 19.4 Å². The van der Waals surface area contributed by atoms with E-state index in [9.17, 15) is 0 Å². The molecule has 17 heavy (non-hydrogen) atoms. The van der Waals surface area contributed by atoms with Crippen molar-refractivity contribution in [2.24, 2.45) is 0 Å². The van der Waals surface area contributed by atoms with Gasteiger partial charge in [0.1, 0.15) is 11.6 Å². The second-order valence-corrected chi connectivity index (χ2v) is 4.21. The monoisotopic (exact) mass is 231 g/mol. The standard InChI is InChI=1S/C12H17N5/c1-12(10-14,15-2)5-3-4-7-17-8-6-16-11(17)9-13/h6,8,15H,3-5,7H2,1-2H3. The lowest BCUT2D eigenvalue weighted by Crippen LogP contribution is -2.37. The molecular weight excluding hydrogens is 214 g/mol. The minimum absolute atomic E-state index is 0.446. The topological polar surface area (TPSA) is 77.4 Å². The molecule has 0 aliphatic rings. The number of aromatic nitrogens is 2. The lowest BCUT2D eigenvalue weighted by atomic mass is 9.97. The van der Waals surface area contributed by atoms with Gasteiger partial charge in [-0.15, -0.1) is 0 Å². The Morgan fingerprint density at radius 1 is 1.47 bits per heavy atom. The van der Waals surface area contributed by atoms with Gasteiger partial charge in [-0.05, 0) is 33.2 Å². The highest BCUT2D eigenvalue weighted by Gasteiger charge is 2.19. The number of hydrogen-bond acceptors (Lipinski definition) is 4. The zero-order valence-corrected chi connectivity index (χ0v) is 10.3. The van der Waals surface area contributed by atoms with Crippen molar-refractivity contribution in [1.82, 2.24) is 14.9 Å². The summed E-state index contributed by atoms with van der Waals surface area (Å²) < 4.78 is 1.84. The number of nitriles is 2. The summed E-state index contributed by atoms with van der Waals surface area (Å²) in [6.07, 6.45) is 6.11. The van der Waals surface area contributed by atoms with E-state index in [0.717, 1.165) is 25.8 Å². The van der Waals surface area contributed by atoms with Gasteiger partial charge in [-0.1, -0.05) is 0 Å². The van der Waals surface area contributed by atoms with Crippen LogP contribution in [0.3, 0.4) is 0 Å². The largest absolute Gasteiger partial charge is 0.323 e.